The highest BCUT2D eigenvalue weighted by atomic mass is 35.5. The molecule has 0 amide bonds. The van der Waals surface area contributed by atoms with Gasteiger partial charge in [0.05, 0.1) is 21.7 Å². The van der Waals surface area contributed by atoms with Crippen molar-refractivity contribution in [2.24, 2.45) is 0 Å². The molecular formula is C12H7Cl2N2O3-. The zero-order chi connectivity index (χ0) is 14.2. The maximum Gasteiger partial charge on any atom is 0.177 e. The summed E-state index contributed by atoms with van der Waals surface area (Å²) >= 11 is 12.0. The minimum Gasteiger partial charge on any atom is -0.545 e. The topological polar surface area (TPSA) is 85.9 Å². The van der Waals surface area contributed by atoms with Gasteiger partial charge in [-0.25, -0.2) is 0 Å². The molecule has 1 aromatic carbocycles. The van der Waals surface area contributed by atoms with Crippen molar-refractivity contribution < 1.29 is 14.7 Å². The minimum atomic E-state index is -1.41. The first kappa shape index (κ1) is 13.6. The van der Waals surface area contributed by atoms with Crippen LogP contribution in [0.25, 0.3) is 11.3 Å². The van der Waals surface area contributed by atoms with Crippen LogP contribution in [0, 0.1) is 0 Å². The number of nitrogens with zero attached hydrogens (tertiary/aromatic N) is 1. The lowest BCUT2D eigenvalue weighted by atomic mass is 10.1. The molecule has 0 radical (unpaired) electrons. The molecule has 2 aromatic rings. The number of aromatic carboxylic acids is 1. The molecule has 0 fully saturated rings. The summed E-state index contributed by atoms with van der Waals surface area (Å²) < 4.78 is 0. The Hall–Kier alpha value is -1.85. The number of carboxylic acid groups (broad SMARTS) is 1. The molecule has 19 heavy (non-hydrogen) atoms. The number of hydrogen-bond acceptors (Lipinski definition) is 4. The summed E-state index contributed by atoms with van der Waals surface area (Å²) in [7, 11) is 0. The van der Waals surface area contributed by atoms with Gasteiger partial charge in [0.15, 0.2) is 5.78 Å². The molecular weight excluding hydrogens is 291 g/mol. The predicted molar refractivity (Wildman–Crippen MR) is 68.4 cm³/mol. The second kappa shape index (κ2) is 5.03. The van der Waals surface area contributed by atoms with Crippen LogP contribution in [0.4, 0.5) is 0 Å². The largest absolute Gasteiger partial charge is 0.545 e. The summed E-state index contributed by atoms with van der Waals surface area (Å²) in [4.78, 5) is 22.1. The molecule has 1 N–H and O–H groups in total. The first-order valence-corrected chi connectivity index (χ1v) is 5.93. The first-order valence-electron chi connectivity index (χ1n) is 5.18. The van der Waals surface area contributed by atoms with Crippen molar-refractivity contribution >= 4 is 35.0 Å². The lowest BCUT2D eigenvalue weighted by Gasteiger charge is -2.10. The second-order valence-electron chi connectivity index (χ2n) is 3.79. The van der Waals surface area contributed by atoms with Gasteiger partial charge >= 0.3 is 0 Å². The van der Waals surface area contributed by atoms with E-state index in [1.54, 1.807) is 0 Å². The molecule has 0 atom stereocenters. The van der Waals surface area contributed by atoms with Gasteiger partial charge in [-0.3, -0.25) is 9.89 Å². The maximum atomic E-state index is 11.2. The average molecular weight is 298 g/mol. The van der Waals surface area contributed by atoms with Crippen molar-refractivity contribution in [3.8, 4) is 11.3 Å². The van der Waals surface area contributed by atoms with E-state index in [1.165, 1.54) is 25.1 Å². The Morgan fingerprint density at radius 1 is 1.32 bits per heavy atom. The van der Waals surface area contributed by atoms with Gasteiger partial charge in [-0.05, 0) is 12.1 Å². The van der Waals surface area contributed by atoms with Crippen molar-refractivity contribution in [3.05, 3.63) is 39.5 Å². The summed E-state index contributed by atoms with van der Waals surface area (Å²) in [6.45, 7) is 1.37. The molecule has 0 bridgehead atoms. The molecule has 1 heterocycles. The third kappa shape index (κ3) is 2.47. The number of ketones is 1. The zero-order valence-electron chi connectivity index (χ0n) is 9.66. The maximum absolute atomic E-state index is 11.2. The van der Waals surface area contributed by atoms with Crippen molar-refractivity contribution in [1.29, 1.82) is 0 Å². The van der Waals surface area contributed by atoms with E-state index in [-0.39, 0.29) is 32.6 Å². The van der Waals surface area contributed by atoms with E-state index in [1.807, 2.05) is 0 Å². The molecule has 0 spiro atoms. The number of benzene rings is 1. The van der Waals surface area contributed by atoms with Gasteiger partial charge in [0, 0.05) is 18.1 Å². The molecule has 0 saturated heterocycles. The lowest BCUT2D eigenvalue weighted by molar-refractivity contribution is -0.255. The van der Waals surface area contributed by atoms with Gasteiger partial charge in [-0.2, -0.15) is 5.10 Å². The Labute approximate surface area is 118 Å². The molecule has 0 saturated carbocycles. The molecule has 98 valence electrons. The Bertz CT molecular complexity index is 680. The average Bonchev–Trinajstić information content (AvgIpc) is 2.78. The van der Waals surface area contributed by atoms with Gasteiger partial charge in [0.25, 0.3) is 0 Å². The summed E-state index contributed by atoms with van der Waals surface area (Å²) in [5.74, 6) is -1.62. The van der Waals surface area contributed by atoms with Crippen LogP contribution in [0.3, 0.4) is 0 Å². The van der Waals surface area contributed by atoms with Crippen LogP contribution in [0.1, 0.15) is 27.8 Å². The molecule has 1 aromatic heterocycles. The summed E-state index contributed by atoms with van der Waals surface area (Å²) in [5, 5.41) is 17.5. The number of halogens is 2. The van der Waals surface area contributed by atoms with Crippen molar-refractivity contribution in [1.82, 2.24) is 10.2 Å². The van der Waals surface area contributed by atoms with Crippen LogP contribution in [0.2, 0.25) is 10.0 Å². The molecule has 2 rings (SSSR count). The summed E-state index contributed by atoms with van der Waals surface area (Å²) in [6.07, 6.45) is 0. The smallest absolute Gasteiger partial charge is 0.177 e. The van der Waals surface area contributed by atoms with Gasteiger partial charge < -0.3 is 9.90 Å². The standard InChI is InChI=1S/C12H8Cl2N2O3/c1-5(17)8-4-9(16-15-8)10-7(13)3-2-6(11(10)14)12(18)19/h2-4H,1H3,(H,15,16)(H,18,19)/p-1. The molecule has 0 aliphatic heterocycles. The summed E-state index contributed by atoms with van der Waals surface area (Å²) in [5.41, 5.74) is 0.631. The van der Waals surface area contributed by atoms with Crippen LogP contribution in [-0.2, 0) is 0 Å². The fourth-order valence-corrected chi connectivity index (χ4v) is 2.22. The van der Waals surface area contributed by atoms with Gasteiger partial charge in [-0.15, -0.1) is 0 Å². The zero-order valence-corrected chi connectivity index (χ0v) is 11.2. The number of carbonyl (C=O) groups excluding carboxylic acids is 2. The number of aromatic nitrogens is 2. The predicted octanol–water partition coefficient (Wildman–Crippen LogP) is 1.95. The Balaban J connectivity index is 2.63. The number of rotatable bonds is 3. The quantitative estimate of drug-likeness (QED) is 0.877. The molecule has 0 aliphatic carbocycles. The van der Waals surface area contributed by atoms with Crippen molar-refractivity contribution in [2.45, 2.75) is 6.92 Å². The monoisotopic (exact) mass is 297 g/mol. The van der Waals surface area contributed by atoms with E-state index in [9.17, 15) is 14.7 Å². The van der Waals surface area contributed by atoms with Crippen LogP contribution in [-0.4, -0.2) is 21.9 Å². The fourth-order valence-electron chi connectivity index (χ4n) is 1.58. The fraction of sp³-hybridized carbons (Fsp3) is 0.0833. The highest BCUT2D eigenvalue weighted by Crippen LogP contribution is 2.36. The van der Waals surface area contributed by atoms with E-state index in [2.05, 4.69) is 10.2 Å². The van der Waals surface area contributed by atoms with E-state index in [4.69, 9.17) is 23.2 Å². The normalized spacial score (nSPS) is 10.5. The number of carbonyl (C=O) groups is 2. The summed E-state index contributed by atoms with van der Waals surface area (Å²) in [6, 6.07) is 4.09. The number of nitrogens with one attached hydrogen (secondary N) is 1. The number of hydrogen-bond donors (Lipinski definition) is 1. The lowest BCUT2D eigenvalue weighted by Crippen LogP contribution is -2.22. The Morgan fingerprint density at radius 2 is 2.00 bits per heavy atom. The van der Waals surface area contributed by atoms with Crippen LogP contribution < -0.4 is 5.11 Å². The van der Waals surface area contributed by atoms with E-state index < -0.39 is 5.97 Å². The van der Waals surface area contributed by atoms with Gasteiger partial charge in [-0.1, -0.05) is 29.3 Å². The SMILES string of the molecule is CC(=O)c1cc(-c2c(Cl)ccc(C(=O)[O-])c2Cl)n[nH]1. The number of carboxylic acids is 1. The minimum absolute atomic E-state index is 0.0749. The third-order valence-electron chi connectivity index (χ3n) is 2.52. The highest BCUT2D eigenvalue weighted by molar-refractivity contribution is 6.40. The van der Waals surface area contributed by atoms with Crippen LogP contribution in [0.5, 0.6) is 0 Å². The van der Waals surface area contributed by atoms with Crippen molar-refractivity contribution in [2.75, 3.05) is 0 Å². The number of aromatic amines is 1. The van der Waals surface area contributed by atoms with E-state index in [0.717, 1.165) is 0 Å². The third-order valence-corrected chi connectivity index (χ3v) is 3.23. The molecule has 0 aliphatic rings. The highest BCUT2D eigenvalue weighted by Gasteiger charge is 2.16. The molecule has 7 heteroatoms. The van der Waals surface area contributed by atoms with E-state index >= 15 is 0 Å². The Morgan fingerprint density at radius 3 is 2.53 bits per heavy atom. The van der Waals surface area contributed by atoms with Crippen molar-refractivity contribution in [3.63, 3.8) is 0 Å². The van der Waals surface area contributed by atoms with Gasteiger partial charge in [0.1, 0.15) is 5.69 Å². The van der Waals surface area contributed by atoms with E-state index in [0.29, 0.717) is 5.69 Å². The molecule has 5 nitrogen and oxygen atoms in total. The van der Waals surface area contributed by atoms with Crippen LogP contribution in [0.15, 0.2) is 18.2 Å². The molecule has 0 unspecified atom stereocenters. The Kier molecular flexibility index (Phi) is 3.59. The van der Waals surface area contributed by atoms with Crippen LogP contribution >= 0.6 is 23.2 Å². The first-order chi connectivity index (χ1) is 8.91. The van der Waals surface area contributed by atoms with Gasteiger partial charge in [0.2, 0.25) is 0 Å². The second-order valence-corrected chi connectivity index (χ2v) is 4.58. The number of Topliss-reactive ketones (excluding diaryl/α,β-unsaturated/α-hetero) is 1. The number of H-pyrrole nitrogens is 1.